The molecule has 8 heteroatoms. The number of aromatic nitrogens is 1. The number of para-hydroxylation sites is 1. The molecule has 0 aliphatic carbocycles. The Balaban J connectivity index is 1.45. The monoisotopic (exact) mass is 393 g/mol. The Morgan fingerprint density at radius 1 is 0.897 bits per heavy atom. The van der Waals surface area contributed by atoms with E-state index in [1.165, 1.54) is 6.20 Å². The van der Waals surface area contributed by atoms with Crippen LogP contribution in [-0.4, -0.2) is 35.9 Å². The molecule has 1 aromatic heterocycles. The molecule has 0 bridgehead atoms. The number of pyridine rings is 1. The van der Waals surface area contributed by atoms with Gasteiger partial charge < -0.3 is 20.4 Å². The van der Waals surface area contributed by atoms with Crippen molar-refractivity contribution in [2.45, 2.75) is 6.61 Å². The van der Waals surface area contributed by atoms with E-state index in [9.17, 15) is 19.2 Å². The maximum absolute atomic E-state index is 12.4. The van der Waals surface area contributed by atoms with E-state index in [1.807, 2.05) is 30.3 Å². The Morgan fingerprint density at radius 3 is 2.41 bits per heavy atom. The van der Waals surface area contributed by atoms with E-state index in [0.717, 1.165) is 5.56 Å². The number of rotatable bonds is 7. The predicted molar refractivity (Wildman–Crippen MR) is 106 cm³/mol. The number of carbonyl (C=O) groups excluding carboxylic acids is 3. The zero-order chi connectivity index (χ0) is 20.6. The average Bonchev–Trinajstić information content (AvgIpc) is 2.75. The first-order valence-corrected chi connectivity index (χ1v) is 8.89. The number of hydrogen-bond acceptors (Lipinski definition) is 5. The maximum atomic E-state index is 12.4. The van der Waals surface area contributed by atoms with E-state index in [4.69, 9.17) is 4.74 Å². The summed E-state index contributed by atoms with van der Waals surface area (Å²) >= 11 is 0. The van der Waals surface area contributed by atoms with Crippen molar-refractivity contribution < 1.29 is 19.1 Å². The van der Waals surface area contributed by atoms with Crippen molar-refractivity contribution in [1.29, 1.82) is 0 Å². The predicted octanol–water partition coefficient (Wildman–Crippen LogP) is 1.12. The molecule has 0 spiro atoms. The molecule has 0 aliphatic heterocycles. The highest BCUT2D eigenvalue weighted by Crippen LogP contribution is 2.06. The van der Waals surface area contributed by atoms with E-state index in [1.54, 1.807) is 24.3 Å². The fraction of sp³-hybridized carbons (Fsp3) is 0.143. The van der Waals surface area contributed by atoms with Crippen molar-refractivity contribution in [3.05, 3.63) is 82.1 Å². The van der Waals surface area contributed by atoms with Crippen LogP contribution < -0.4 is 16.1 Å². The van der Waals surface area contributed by atoms with Crippen LogP contribution in [-0.2, 0) is 20.9 Å². The number of esters is 1. The first-order valence-electron chi connectivity index (χ1n) is 8.89. The minimum absolute atomic E-state index is 0.0984. The molecule has 0 atom stereocenters. The van der Waals surface area contributed by atoms with Crippen LogP contribution in [0.2, 0.25) is 0 Å². The van der Waals surface area contributed by atoms with Gasteiger partial charge in [0.15, 0.2) is 0 Å². The SMILES string of the molecule is O=C(CNC(=O)c1c[nH]c2ccccc2c1=O)NCC(=O)OCc1ccccc1. The molecule has 0 aliphatic rings. The van der Waals surface area contributed by atoms with Gasteiger partial charge in [-0.1, -0.05) is 42.5 Å². The summed E-state index contributed by atoms with van der Waals surface area (Å²) in [5.74, 6) is -1.86. The molecule has 3 aromatic rings. The lowest BCUT2D eigenvalue weighted by Crippen LogP contribution is -2.40. The molecular weight excluding hydrogens is 374 g/mol. The molecule has 2 aromatic carbocycles. The summed E-state index contributed by atoms with van der Waals surface area (Å²) in [4.78, 5) is 51.0. The third kappa shape index (κ3) is 5.29. The highest BCUT2D eigenvalue weighted by molar-refractivity contribution is 5.98. The van der Waals surface area contributed by atoms with E-state index in [-0.39, 0.29) is 25.3 Å². The number of hydrogen-bond donors (Lipinski definition) is 3. The van der Waals surface area contributed by atoms with E-state index >= 15 is 0 Å². The minimum Gasteiger partial charge on any atom is -0.460 e. The van der Waals surface area contributed by atoms with Crippen molar-refractivity contribution in [1.82, 2.24) is 15.6 Å². The van der Waals surface area contributed by atoms with Gasteiger partial charge in [-0.3, -0.25) is 19.2 Å². The van der Waals surface area contributed by atoms with Crippen molar-refractivity contribution in [3.63, 3.8) is 0 Å². The Morgan fingerprint density at radius 2 is 1.62 bits per heavy atom. The van der Waals surface area contributed by atoms with E-state index < -0.39 is 23.2 Å². The van der Waals surface area contributed by atoms with Crippen LogP contribution in [0.15, 0.2) is 65.6 Å². The summed E-state index contributed by atoms with van der Waals surface area (Å²) in [6, 6.07) is 15.9. The molecule has 0 fully saturated rings. The second-order valence-electron chi connectivity index (χ2n) is 6.18. The van der Waals surface area contributed by atoms with Crippen LogP contribution >= 0.6 is 0 Å². The number of fused-ring (bicyclic) bond motifs is 1. The van der Waals surface area contributed by atoms with Gasteiger partial charge in [0.05, 0.1) is 6.54 Å². The molecule has 0 unspecified atom stereocenters. The van der Waals surface area contributed by atoms with E-state index in [2.05, 4.69) is 15.6 Å². The summed E-state index contributed by atoms with van der Waals surface area (Å²) in [5, 5.41) is 5.10. The summed E-state index contributed by atoms with van der Waals surface area (Å²) in [6.45, 7) is -0.591. The number of ether oxygens (including phenoxy) is 1. The lowest BCUT2D eigenvalue weighted by Gasteiger charge is -2.08. The lowest BCUT2D eigenvalue weighted by molar-refractivity contribution is -0.145. The Labute approximate surface area is 165 Å². The molecule has 0 radical (unpaired) electrons. The quantitative estimate of drug-likeness (QED) is 0.520. The maximum Gasteiger partial charge on any atom is 0.325 e. The number of amides is 2. The van der Waals surface area contributed by atoms with Crippen molar-refractivity contribution >= 4 is 28.7 Å². The van der Waals surface area contributed by atoms with Gasteiger partial charge in [-0.05, 0) is 17.7 Å². The zero-order valence-electron chi connectivity index (χ0n) is 15.4. The Hall–Kier alpha value is -3.94. The van der Waals surface area contributed by atoms with Gasteiger partial charge in [0.1, 0.15) is 18.7 Å². The van der Waals surface area contributed by atoms with Gasteiger partial charge in [0, 0.05) is 17.1 Å². The first-order chi connectivity index (χ1) is 14.0. The van der Waals surface area contributed by atoms with Crippen LogP contribution in [0, 0.1) is 0 Å². The summed E-state index contributed by atoms with van der Waals surface area (Å²) in [6.07, 6.45) is 1.30. The second kappa shape index (κ2) is 9.32. The Bertz CT molecular complexity index is 1090. The largest absolute Gasteiger partial charge is 0.460 e. The van der Waals surface area contributed by atoms with Gasteiger partial charge in [-0.15, -0.1) is 0 Å². The van der Waals surface area contributed by atoms with Crippen LogP contribution in [0.25, 0.3) is 10.9 Å². The molecule has 0 saturated carbocycles. The van der Waals surface area contributed by atoms with Crippen molar-refractivity contribution in [2.24, 2.45) is 0 Å². The first kappa shape index (κ1) is 19.8. The van der Waals surface area contributed by atoms with Crippen LogP contribution in [0.5, 0.6) is 0 Å². The lowest BCUT2D eigenvalue weighted by atomic mass is 10.1. The van der Waals surface area contributed by atoms with Gasteiger partial charge in [-0.25, -0.2) is 0 Å². The number of aromatic amines is 1. The molecule has 148 valence electrons. The number of benzene rings is 2. The Kier molecular flexibility index (Phi) is 6.36. The van der Waals surface area contributed by atoms with Crippen molar-refractivity contribution in [2.75, 3.05) is 13.1 Å². The van der Waals surface area contributed by atoms with E-state index in [0.29, 0.717) is 10.9 Å². The number of nitrogens with one attached hydrogen (secondary N) is 3. The molecular formula is C21H19N3O5. The summed E-state index contributed by atoms with van der Waals surface area (Å²) in [5.41, 5.74) is 0.918. The van der Waals surface area contributed by atoms with Crippen LogP contribution in [0.1, 0.15) is 15.9 Å². The molecule has 2 amide bonds. The molecule has 1 heterocycles. The fourth-order valence-electron chi connectivity index (χ4n) is 2.61. The van der Waals surface area contributed by atoms with Gasteiger partial charge >= 0.3 is 5.97 Å². The second-order valence-corrected chi connectivity index (χ2v) is 6.18. The molecule has 3 N–H and O–H groups in total. The topological polar surface area (TPSA) is 117 Å². The van der Waals surface area contributed by atoms with Crippen LogP contribution in [0.3, 0.4) is 0 Å². The molecule has 3 rings (SSSR count). The number of H-pyrrole nitrogens is 1. The van der Waals surface area contributed by atoms with Gasteiger partial charge in [0.2, 0.25) is 11.3 Å². The molecule has 29 heavy (non-hydrogen) atoms. The standard InChI is InChI=1S/C21H19N3O5/c25-18(23-12-19(26)29-13-14-6-2-1-3-7-14)11-24-21(28)16-10-22-17-9-5-4-8-15(17)20(16)27/h1-10H,11-13H2,(H,22,27)(H,23,25)(H,24,28). The third-order valence-electron chi connectivity index (χ3n) is 4.11. The summed E-state index contributed by atoms with van der Waals surface area (Å²) in [7, 11) is 0. The zero-order valence-corrected chi connectivity index (χ0v) is 15.4. The molecule has 0 saturated heterocycles. The normalized spacial score (nSPS) is 10.3. The summed E-state index contributed by atoms with van der Waals surface area (Å²) < 4.78 is 5.04. The van der Waals surface area contributed by atoms with Crippen LogP contribution in [0.4, 0.5) is 0 Å². The fourth-order valence-corrected chi connectivity index (χ4v) is 2.61. The van der Waals surface area contributed by atoms with Gasteiger partial charge in [0.25, 0.3) is 5.91 Å². The average molecular weight is 393 g/mol. The number of carbonyl (C=O) groups is 3. The van der Waals surface area contributed by atoms with Crippen molar-refractivity contribution in [3.8, 4) is 0 Å². The van der Waals surface area contributed by atoms with Gasteiger partial charge in [-0.2, -0.15) is 0 Å². The highest BCUT2D eigenvalue weighted by Gasteiger charge is 2.14. The third-order valence-corrected chi connectivity index (χ3v) is 4.11. The smallest absolute Gasteiger partial charge is 0.325 e. The minimum atomic E-state index is -0.682. The highest BCUT2D eigenvalue weighted by atomic mass is 16.5. The molecule has 8 nitrogen and oxygen atoms in total.